The van der Waals surface area contributed by atoms with E-state index < -0.39 is 0 Å². The van der Waals surface area contributed by atoms with Gasteiger partial charge < -0.3 is 5.32 Å². The molecule has 0 aromatic carbocycles. The Hall–Kier alpha value is -1.09. The minimum atomic E-state index is -0.115. The standard InChI is InChI=1S/C10H13NOS/c1-3-8-5-6-13-9(8)7-11-10(12)4-2/h4-6H,2-3,7H2,1H3,(H,11,12). The lowest BCUT2D eigenvalue weighted by molar-refractivity contribution is -0.116. The fourth-order valence-corrected chi connectivity index (χ4v) is 1.99. The lowest BCUT2D eigenvalue weighted by atomic mass is 10.2. The Labute approximate surface area is 82.3 Å². The van der Waals surface area contributed by atoms with Crippen molar-refractivity contribution in [2.75, 3.05) is 0 Å². The Kier molecular flexibility index (Phi) is 3.71. The second kappa shape index (κ2) is 4.82. The average molecular weight is 195 g/mol. The van der Waals surface area contributed by atoms with Gasteiger partial charge in [-0.1, -0.05) is 13.5 Å². The molecule has 0 aliphatic heterocycles. The van der Waals surface area contributed by atoms with Gasteiger partial charge in [0.05, 0.1) is 6.54 Å². The second-order valence-electron chi connectivity index (χ2n) is 2.64. The zero-order valence-corrected chi connectivity index (χ0v) is 8.49. The van der Waals surface area contributed by atoms with E-state index in [2.05, 4.69) is 24.9 Å². The lowest BCUT2D eigenvalue weighted by Crippen LogP contribution is -2.19. The van der Waals surface area contributed by atoms with Crippen LogP contribution < -0.4 is 5.32 Å². The summed E-state index contributed by atoms with van der Waals surface area (Å²) in [7, 11) is 0. The van der Waals surface area contributed by atoms with Crippen LogP contribution in [0.2, 0.25) is 0 Å². The Morgan fingerprint density at radius 3 is 3.15 bits per heavy atom. The van der Waals surface area contributed by atoms with Gasteiger partial charge in [-0.2, -0.15) is 0 Å². The van der Waals surface area contributed by atoms with Gasteiger partial charge in [0.2, 0.25) is 5.91 Å². The summed E-state index contributed by atoms with van der Waals surface area (Å²) in [4.78, 5) is 12.1. The number of thiophene rings is 1. The third kappa shape index (κ3) is 2.70. The van der Waals surface area contributed by atoms with Crippen LogP contribution in [0.1, 0.15) is 17.4 Å². The summed E-state index contributed by atoms with van der Waals surface area (Å²) in [5.74, 6) is -0.115. The first-order valence-electron chi connectivity index (χ1n) is 4.23. The number of amides is 1. The van der Waals surface area contributed by atoms with Crippen molar-refractivity contribution in [1.29, 1.82) is 0 Å². The third-order valence-corrected chi connectivity index (χ3v) is 2.79. The summed E-state index contributed by atoms with van der Waals surface area (Å²) in [5, 5.41) is 4.81. The highest BCUT2D eigenvalue weighted by Gasteiger charge is 2.02. The normalized spacial score (nSPS) is 9.62. The summed E-state index contributed by atoms with van der Waals surface area (Å²) < 4.78 is 0. The molecule has 0 saturated carbocycles. The highest BCUT2D eigenvalue weighted by atomic mass is 32.1. The van der Waals surface area contributed by atoms with Crippen LogP contribution in [0, 0.1) is 0 Å². The number of hydrogen-bond donors (Lipinski definition) is 1. The van der Waals surface area contributed by atoms with Crippen molar-refractivity contribution in [1.82, 2.24) is 5.32 Å². The first kappa shape index (κ1) is 9.99. The van der Waals surface area contributed by atoms with Crippen LogP contribution in [-0.2, 0) is 17.8 Å². The maximum atomic E-state index is 10.9. The number of rotatable bonds is 4. The maximum absolute atomic E-state index is 10.9. The Bertz CT molecular complexity index is 304. The van der Waals surface area contributed by atoms with Gasteiger partial charge in [-0.15, -0.1) is 11.3 Å². The Morgan fingerprint density at radius 1 is 1.77 bits per heavy atom. The van der Waals surface area contributed by atoms with Gasteiger partial charge in [0, 0.05) is 4.88 Å². The van der Waals surface area contributed by atoms with Gasteiger partial charge in [-0.25, -0.2) is 0 Å². The van der Waals surface area contributed by atoms with Crippen molar-refractivity contribution in [3.05, 3.63) is 34.5 Å². The molecule has 13 heavy (non-hydrogen) atoms. The fourth-order valence-electron chi connectivity index (χ4n) is 1.08. The molecule has 1 amide bonds. The highest BCUT2D eigenvalue weighted by Crippen LogP contribution is 2.16. The van der Waals surface area contributed by atoms with E-state index in [0.29, 0.717) is 6.54 Å². The zero-order valence-electron chi connectivity index (χ0n) is 7.67. The van der Waals surface area contributed by atoms with Gasteiger partial charge in [0.15, 0.2) is 0 Å². The van der Waals surface area contributed by atoms with Crippen LogP contribution in [0.25, 0.3) is 0 Å². The molecule has 0 aliphatic rings. The van der Waals surface area contributed by atoms with Crippen LogP contribution in [-0.4, -0.2) is 5.91 Å². The van der Waals surface area contributed by atoms with Crippen molar-refractivity contribution < 1.29 is 4.79 Å². The van der Waals surface area contributed by atoms with E-state index in [4.69, 9.17) is 0 Å². The monoisotopic (exact) mass is 195 g/mol. The van der Waals surface area contributed by atoms with Gasteiger partial charge in [-0.05, 0) is 29.5 Å². The molecule has 0 saturated heterocycles. The van der Waals surface area contributed by atoms with E-state index in [-0.39, 0.29) is 5.91 Å². The van der Waals surface area contributed by atoms with E-state index in [1.165, 1.54) is 16.5 Å². The summed E-state index contributed by atoms with van der Waals surface area (Å²) in [6, 6.07) is 2.10. The van der Waals surface area contributed by atoms with Gasteiger partial charge >= 0.3 is 0 Å². The summed E-state index contributed by atoms with van der Waals surface area (Å²) in [5.41, 5.74) is 1.31. The van der Waals surface area contributed by atoms with E-state index >= 15 is 0 Å². The number of hydrogen-bond acceptors (Lipinski definition) is 2. The van der Waals surface area contributed by atoms with Gasteiger partial charge in [0.1, 0.15) is 0 Å². The van der Waals surface area contributed by atoms with Crippen LogP contribution in [0.15, 0.2) is 24.1 Å². The van der Waals surface area contributed by atoms with Crippen LogP contribution >= 0.6 is 11.3 Å². The number of carbonyl (C=O) groups is 1. The topological polar surface area (TPSA) is 29.1 Å². The molecule has 1 aromatic rings. The molecule has 1 N–H and O–H groups in total. The van der Waals surface area contributed by atoms with E-state index in [1.54, 1.807) is 11.3 Å². The van der Waals surface area contributed by atoms with E-state index in [0.717, 1.165) is 6.42 Å². The smallest absolute Gasteiger partial charge is 0.243 e. The predicted octanol–water partition coefficient (Wildman–Crippen LogP) is 2.11. The summed E-state index contributed by atoms with van der Waals surface area (Å²) >= 11 is 1.68. The molecule has 1 heterocycles. The molecule has 3 heteroatoms. The van der Waals surface area contributed by atoms with Crippen molar-refractivity contribution in [3.63, 3.8) is 0 Å². The molecule has 1 aromatic heterocycles. The molecule has 70 valence electrons. The molecule has 0 aliphatic carbocycles. The SMILES string of the molecule is C=CC(=O)NCc1sccc1CC. The molecular formula is C10H13NOS. The molecule has 0 atom stereocenters. The van der Waals surface area contributed by atoms with Crippen LogP contribution in [0.3, 0.4) is 0 Å². The Balaban J connectivity index is 2.53. The average Bonchev–Trinajstić information content (AvgIpc) is 2.61. The van der Waals surface area contributed by atoms with Gasteiger partial charge in [0.25, 0.3) is 0 Å². The molecule has 1 rings (SSSR count). The van der Waals surface area contributed by atoms with Crippen LogP contribution in [0.4, 0.5) is 0 Å². The van der Waals surface area contributed by atoms with Crippen molar-refractivity contribution in [3.8, 4) is 0 Å². The second-order valence-corrected chi connectivity index (χ2v) is 3.65. The fraction of sp³-hybridized carbons (Fsp3) is 0.300. The number of aryl methyl sites for hydroxylation is 1. The lowest BCUT2D eigenvalue weighted by Gasteiger charge is -2.01. The molecule has 0 spiro atoms. The maximum Gasteiger partial charge on any atom is 0.243 e. The van der Waals surface area contributed by atoms with Crippen molar-refractivity contribution >= 4 is 17.2 Å². The van der Waals surface area contributed by atoms with E-state index in [1.807, 2.05) is 5.38 Å². The molecule has 0 bridgehead atoms. The summed E-state index contributed by atoms with van der Waals surface area (Å²) in [6.07, 6.45) is 2.31. The van der Waals surface area contributed by atoms with Crippen molar-refractivity contribution in [2.45, 2.75) is 19.9 Å². The van der Waals surface area contributed by atoms with Crippen LogP contribution in [0.5, 0.6) is 0 Å². The first-order chi connectivity index (χ1) is 6.27. The largest absolute Gasteiger partial charge is 0.348 e. The third-order valence-electron chi connectivity index (χ3n) is 1.83. The van der Waals surface area contributed by atoms with Gasteiger partial charge in [-0.3, -0.25) is 4.79 Å². The molecule has 0 unspecified atom stereocenters. The molecule has 0 radical (unpaired) electrons. The highest BCUT2D eigenvalue weighted by molar-refractivity contribution is 7.10. The molecular weight excluding hydrogens is 182 g/mol. The quantitative estimate of drug-likeness (QED) is 0.732. The summed E-state index contributed by atoms with van der Waals surface area (Å²) in [6.45, 7) is 6.12. The Morgan fingerprint density at radius 2 is 2.54 bits per heavy atom. The minimum absolute atomic E-state index is 0.115. The number of carbonyl (C=O) groups excluding carboxylic acids is 1. The molecule has 2 nitrogen and oxygen atoms in total. The zero-order chi connectivity index (χ0) is 9.68. The minimum Gasteiger partial charge on any atom is -0.348 e. The molecule has 0 fully saturated rings. The first-order valence-corrected chi connectivity index (χ1v) is 5.11. The predicted molar refractivity (Wildman–Crippen MR) is 55.7 cm³/mol. The van der Waals surface area contributed by atoms with E-state index in [9.17, 15) is 4.79 Å². The van der Waals surface area contributed by atoms with Crippen molar-refractivity contribution in [2.24, 2.45) is 0 Å². The number of nitrogens with one attached hydrogen (secondary N) is 1.